The van der Waals surface area contributed by atoms with E-state index in [0.717, 1.165) is 23.4 Å². The van der Waals surface area contributed by atoms with Gasteiger partial charge in [0.05, 0.1) is 6.42 Å². The first kappa shape index (κ1) is 14.0. The largest absolute Gasteiger partial charge is 0.326 e. The van der Waals surface area contributed by atoms with Gasteiger partial charge in [0.25, 0.3) is 0 Å². The van der Waals surface area contributed by atoms with Gasteiger partial charge in [-0.2, -0.15) is 0 Å². The van der Waals surface area contributed by atoms with Crippen LogP contribution in [0.3, 0.4) is 0 Å². The van der Waals surface area contributed by atoms with Crippen LogP contribution < -0.4 is 16.4 Å². The van der Waals surface area contributed by atoms with Gasteiger partial charge in [0.1, 0.15) is 0 Å². The van der Waals surface area contributed by atoms with Gasteiger partial charge in [-0.25, -0.2) is 0 Å². The standard InChI is InChI=1S/C15H23N3O/c1-9(2)12(8-17-3)15(16)10-4-5-13-11(6-10)7-14(19)18-13/h4-6,9,12,15,17H,7-8,16H2,1-3H3,(H,18,19). The number of hydrogen-bond acceptors (Lipinski definition) is 3. The highest BCUT2D eigenvalue weighted by Gasteiger charge is 2.24. The lowest BCUT2D eigenvalue weighted by molar-refractivity contribution is -0.115. The Morgan fingerprint density at radius 1 is 1.42 bits per heavy atom. The molecular weight excluding hydrogens is 238 g/mol. The highest BCUT2D eigenvalue weighted by atomic mass is 16.1. The number of anilines is 1. The molecule has 1 aromatic rings. The van der Waals surface area contributed by atoms with Gasteiger partial charge >= 0.3 is 0 Å². The molecule has 2 rings (SSSR count). The summed E-state index contributed by atoms with van der Waals surface area (Å²) >= 11 is 0. The molecule has 0 saturated heterocycles. The van der Waals surface area contributed by atoms with Crippen LogP contribution in [0.2, 0.25) is 0 Å². The zero-order chi connectivity index (χ0) is 14.0. The van der Waals surface area contributed by atoms with Gasteiger partial charge in [-0.15, -0.1) is 0 Å². The number of fused-ring (bicyclic) bond motifs is 1. The van der Waals surface area contributed by atoms with Gasteiger partial charge in [0, 0.05) is 11.7 Å². The SMILES string of the molecule is CNCC(C(C)C)C(N)c1ccc2c(c1)CC(=O)N2. The van der Waals surface area contributed by atoms with Crippen molar-refractivity contribution in [2.24, 2.45) is 17.6 Å². The fourth-order valence-electron chi connectivity index (χ4n) is 2.72. The van der Waals surface area contributed by atoms with Crippen LogP contribution in [0.25, 0.3) is 0 Å². The predicted molar refractivity (Wildman–Crippen MR) is 78.0 cm³/mol. The van der Waals surface area contributed by atoms with E-state index in [1.807, 2.05) is 19.2 Å². The van der Waals surface area contributed by atoms with Gasteiger partial charge in [-0.1, -0.05) is 26.0 Å². The monoisotopic (exact) mass is 261 g/mol. The molecule has 0 aliphatic carbocycles. The molecule has 0 saturated carbocycles. The van der Waals surface area contributed by atoms with Crippen molar-refractivity contribution >= 4 is 11.6 Å². The van der Waals surface area contributed by atoms with Crippen LogP contribution in [0.1, 0.15) is 31.0 Å². The molecule has 2 atom stereocenters. The van der Waals surface area contributed by atoms with E-state index < -0.39 is 0 Å². The number of amides is 1. The first-order valence-corrected chi connectivity index (χ1v) is 6.85. The summed E-state index contributed by atoms with van der Waals surface area (Å²) in [5.41, 5.74) is 9.51. The number of carbonyl (C=O) groups is 1. The van der Waals surface area contributed by atoms with Crippen LogP contribution in [0.5, 0.6) is 0 Å². The maximum absolute atomic E-state index is 11.4. The Morgan fingerprint density at radius 3 is 2.79 bits per heavy atom. The fraction of sp³-hybridized carbons (Fsp3) is 0.533. The summed E-state index contributed by atoms with van der Waals surface area (Å²) in [4.78, 5) is 11.4. The summed E-state index contributed by atoms with van der Waals surface area (Å²) in [5.74, 6) is 0.958. The summed E-state index contributed by atoms with van der Waals surface area (Å²) < 4.78 is 0. The predicted octanol–water partition coefficient (Wildman–Crippen LogP) is 1.67. The van der Waals surface area contributed by atoms with Gasteiger partial charge in [0.2, 0.25) is 5.91 Å². The van der Waals surface area contributed by atoms with Crippen molar-refractivity contribution in [2.45, 2.75) is 26.3 Å². The van der Waals surface area contributed by atoms with Crippen molar-refractivity contribution < 1.29 is 4.79 Å². The van der Waals surface area contributed by atoms with Gasteiger partial charge in [0.15, 0.2) is 0 Å². The molecule has 4 N–H and O–H groups in total. The summed E-state index contributed by atoms with van der Waals surface area (Å²) in [6, 6.07) is 6.06. The summed E-state index contributed by atoms with van der Waals surface area (Å²) in [6.07, 6.45) is 0.467. The van der Waals surface area contributed by atoms with Crippen molar-refractivity contribution in [1.29, 1.82) is 0 Å². The highest BCUT2D eigenvalue weighted by Crippen LogP contribution is 2.30. The Balaban J connectivity index is 2.22. The van der Waals surface area contributed by atoms with Crippen LogP contribution in [0.4, 0.5) is 5.69 Å². The number of nitrogens with two attached hydrogens (primary N) is 1. The maximum Gasteiger partial charge on any atom is 0.228 e. The Labute approximate surface area is 114 Å². The van der Waals surface area contributed by atoms with E-state index in [9.17, 15) is 4.79 Å². The third-order valence-electron chi connectivity index (χ3n) is 3.90. The molecule has 4 heteroatoms. The van der Waals surface area contributed by atoms with E-state index in [0.29, 0.717) is 18.3 Å². The highest BCUT2D eigenvalue weighted by molar-refractivity contribution is 5.99. The minimum absolute atomic E-state index is 0.00606. The maximum atomic E-state index is 11.4. The summed E-state index contributed by atoms with van der Waals surface area (Å²) in [7, 11) is 1.95. The third-order valence-corrected chi connectivity index (χ3v) is 3.90. The zero-order valence-corrected chi connectivity index (χ0v) is 11.9. The average Bonchev–Trinajstić information content (AvgIpc) is 2.73. The number of hydrogen-bond donors (Lipinski definition) is 3. The quantitative estimate of drug-likeness (QED) is 0.755. The molecular formula is C15H23N3O. The van der Waals surface area contributed by atoms with Gasteiger partial charge < -0.3 is 16.4 Å². The lowest BCUT2D eigenvalue weighted by Gasteiger charge is -2.27. The second kappa shape index (κ2) is 5.72. The molecule has 2 unspecified atom stereocenters. The normalized spacial score (nSPS) is 17.2. The molecule has 0 radical (unpaired) electrons. The summed E-state index contributed by atoms with van der Waals surface area (Å²) in [6.45, 7) is 5.29. The van der Waals surface area contributed by atoms with E-state index in [-0.39, 0.29) is 11.9 Å². The molecule has 0 fully saturated rings. The van der Waals surface area contributed by atoms with E-state index in [2.05, 4.69) is 30.5 Å². The Hall–Kier alpha value is -1.39. The molecule has 4 nitrogen and oxygen atoms in total. The lowest BCUT2D eigenvalue weighted by Crippen LogP contribution is -2.33. The fourth-order valence-corrected chi connectivity index (χ4v) is 2.72. The average molecular weight is 261 g/mol. The molecule has 0 aromatic heterocycles. The number of nitrogens with one attached hydrogen (secondary N) is 2. The van der Waals surface area contributed by atoms with Crippen LogP contribution in [0.15, 0.2) is 18.2 Å². The van der Waals surface area contributed by atoms with E-state index in [1.165, 1.54) is 0 Å². The van der Waals surface area contributed by atoms with Crippen molar-refractivity contribution in [3.63, 3.8) is 0 Å². The van der Waals surface area contributed by atoms with Crippen molar-refractivity contribution in [1.82, 2.24) is 5.32 Å². The molecule has 1 aliphatic rings. The Bertz CT molecular complexity index is 470. The second-order valence-corrected chi connectivity index (χ2v) is 5.63. The third kappa shape index (κ3) is 2.96. The molecule has 1 aliphatic heterocycles. The number of rotatable bonds is 5. The lowest BCUT2D eigenvalue weighted by atomic mass is 9.84. The topological polar surface area (TPSA) is 67.1 Å². The Morgan fingerprint density at radius 2 is 2.16 bits per heavy atom. The first-order valence-electron chi connectivity index (χ1n) is 6.85. The van der Waals surface area contributed by atoms with Crippen LogP contribution in [0, 0.1) is 11.8 Å². The van der Waals surface area contributed by atoms with Gasteiger partial charge in [-0.3, -0.25) is 4.79 Å². The molecule has 1 heterocycles. The van der Waals surface area contributed by atoms with Crippen molar-refractivity contribution in [2.75, 3.05) is 18.9 Å². The number of benzene rings is 1. The van der Waals surface area contributed by atoms with Crippen LogP contribution >= 0.6 is 0 Å². The van der Waals surface area contributed by atoms with Gasteiger partial charge in [-0.05, 0) is 42.6 Å². The minimum Gasteiger partial charge on any atom is -0.326 e. The second-order valence-electron chi connectivity index (χ2n) is 5.63. The molecule has 19 heavy (non-hydrogen) atoms. The zero-order valence-electron chi connectivity index (χ0n) is 11.9. The minimum atomic E-state index is -0.00606. The Kier molecular flexibility index (Phi) is 4.22. The van der Waals surface area contributed by atoms with E-state index in [4.69, 9.17) is 5.73 Å². The van der Waals surface area contributed by atoms with Crippen LogP contribution in [-0.2, 0) is 11.2 Å². The molecule has 0 spiro atoms. The summed E-state index contributed by atoms with van der Waals surface area (Å²) in [5, 5.41) is 6.06. The molecule has 1 aromatic carbocycles. The molecule has 0 bridgehead atoms. The first-order chi connectivity index (χ1) is 9.02. The van der Waals surface area contributed by atoms with E-state index in [1.54, 1.807) is 0 Å². The molecule has 104 valence electrons. The molecule has 1 amide bonds. The van der Waals surface area contributed by atoms with Crippen molar-refractivity contribution in [3.05, 3.63) is 29.3 Å². The van der Waals surface area contributed by atoms with Crippen LogP contribution in [-0.4, -0.2) is 19.5 Å². The number of carbonyl (C=O) groups excluding carboxylic acids is 1. The van der Waals surface area contributed by atoms with E-state index >= 15 is 0 Å². The van der Waals surface area contributed by atoms with Crippen molar-refractivity contribution in [3.8, 4) is 0 Å². The smallest absolute Gasteiger partial charge is 0.228 e.